The van der Waals surface area contributed by atoms with Gasteiger partial charge >= 0.3 is 0 Å². The number of fused-ring (bicyclic) bond motifs is 2. The van der Waals surface area contributed by atoms with Gasteiger partial charge in [-0.2, -0.15) is 0 Å². The molecule has 4 atom stereocenters. The van der Waals surface area contributed by atoms with Crippen LogP contribution in [0.5, 0.6) is 0 Å². The van der Waals surface area contributed by atoms with Crippen molar-refractivity contribution in [1.29, 1.82) is 0 Å². The Hall–Kier alpha value is -1.44. The van der Waals surface area contributed by atoms with E-state index < -0.39 is 0 Å². The normalized spacial score (nSPS) is 28.3. The molecular formula is C25H32F2. The fourth-order valence-electron chi connectivity index (χ4n) is 5.79. The third-order valence-electron chi connectivity index (χ3n) is 7.30. The van der Waals surface area contributed by atoms with Crippen LogP contribution in [0.15, 0.2) is 30.3 Å². The highest BCUT2D eigenvalue weighted by atomic mass is 19.1. The van der Waals surface area contributed by atoms with E-state index in [4.69, 9.17) is 0 Å². The number of benzene rings is 2. The Balaban J connectivity index is 1.44. The highest BCUT2D eigenvalue weighted by Gasteiger charge is 2.35. The Morgan fingerprint density at radius 2 is 1.70 bits per heavy atom. The third-order valence-corrected chi connectivity index (χ3v) is 7.30. The summed E-state index contributed by atoms with van der Waals surface area (Å²) in [5, 5.41) is 1.23. The molecule has 0 saturated heterocycles. The maximum absolute atomic E-state index is 14.5. The van der Waals surface area contributed by atoms with Crippen LogP contribution in [-0.2, 0) is 0 Å². The average molecular weight is 371 g/mol. The van der Waals surface area contributed by atoms with E-state index in [1.807, 2.05) is 6.07 Å². The fourth-order valence-corrected chi connectivity index (χ4v) is 5.79. The second-order valence-corrected chi connectivity index (χ2v) is 9.07. The van der Waals surface area contributed by atoms with E-state index in [0.717, 1.165) is 29.7 Å². The lowest BCUT2D eigenvalue weighted by Crippen LogP contribution is -2.30. The largest absolute Gasteiger partial charge is 0.207 e. The van der Waals surface area contributed by atoms with Crippen LogP contribution >= 0.6 is 0 Å². The van der Waals surface area contributed by atoms with Crippen molar-refractivity contribution < 1.29 is 8.78 Å². The molecule has 2 aliphatic rings. The summed E-state index contributed by atoms with van der Waals surface area (Å²) in [5.41, 5.74) is 1.08. The summed E-state index contributed by atoms with van der Waals surface area (Å²) in [7, 11) is 0. The first-order valence-electron chi connectivity index (χ1n) is 11.0. The van der Waals surface area contributed by atoms with Gasteiger partial charge in [0.15, 0.2) is 0 Å². The van der Waals surface area contributed by atoms with Crippen LogP contribution in [0.3, 0.4) is 0 Å². The summed E-state index contributed by atoms with van der Waals surface area (Å²) < 4.78 is 28.1. The van der Waals surface area contributed by atoms with Crippen molar-refractivity contribution in [2.45, 2.75) is 77.0 Å². The van der Waals surface area contributed by atoms with Crippen molar-refractivity contribution >= 4 is 10.8 Å². The topological polar surface area (TPSA) is 0 Å². The molecule has 0 spiro atoms. The summed E-state index contributed by atoms with van der Waals surface area (Å²) in [6, 6.07) is 8.11. The van der Waals surface area contributed by atoms with Gasteiger partial charge in [-0.05, 0) is 91.0 Å². The number of hydrogen-bond donors (Lipinski definition) is 0. The molecular weight excluding hydrogens is 338 g/mol. The van der Waals surface area contributed by atoms with E-state index in [1.165, 1.54) is 69.9 Å². The van der Waals surface area contributed by atoms with Gasteiger partial charge in [-0.25, -0.2) is 8.78 Å². The van der Waals surface area contributed by atoms with Gasteiger partial charge in [0, 0.05) is 5.39 Å². The molecule has 0 heterocycles. The van der Waals surface area contributed by atoms with Gasteiger partial charge in [-0.1, -0.05) is 45.1 Å². The summed E-state index contributed by atoms with van der Waals surface area (Å²) in [4.78, 5) is 0. The van der Waals surface area contributed by atoms with Gasteiger partial charge in [0.05, 0.1) is 0 Å². The number of rotatable bonds is 5. The standard InChI is InChI=1S/C25H32F2/c1-2-3-4-5-17-6-7-19-13-20(9-8-18(19)12-17)21-14-22-15-23(26)10-11-24(22)25(27)16-21/h10-11,14-20H,2-9,12-13H2,1H3. The minimum Gasteiger partial charge on any atom is -0.207 e. The van der Waals surface area contributed by atoms with Gasteiger partial charge in [0.25, 0.3) is 0 Å². The minimum absolute atomic E-state index is 0.204. The molecule has 2 aromatic rings. The average Bonchev–Trinajstić information content (AvgIpc) is 2.67. The highest BCUT2D eigenvalue weighted by molar-refractivity contribution is 5.84. The number of hydrogen-bond acceptors (Lipinski definition) is 0. The molecule has 0 N–H and O–H groups in total. The zero-order chi connectivity index (χ0) is 18.8. The predicted molar refractivity (Wildman–Crippen MR) is 109 cm³/mol. The van der Waals surface area contributed by atoms with E-state index in [-0.39, 0.29) is 11.6 Å². The van der Waals surface area contributed by atoms with Crippen LogP contribution in [0.4, 0.5) is 8.78 Å². The van der Waals surface area contributed by atoms with Crippen molar-refractivity contribution in [2.24, 2.45) is 17.8 Å². The molecule has 2 saturated carbocycles. The summed E-state index contributed by atoms with van der Waals surface area (Å²) >= 11 is 0. The van der Waals surface area contributed by atoms with E-state index in [1.54, 1.807) is 12.1 Å². The monoisotopic (exact) mass is 370 g/mol. The predicted octanol–water partition coefficient (Wildman–Crippen LogP) is 8.00. The summed E-state index contributed by atoms with van der Waals surface area (Å²) in [6.45, 7) is 2.28. The fraction of sp³-hybridized carbons (Fsp3) is 0.600. The van der Waals surface area contributed by atoms with E-state index in [2.05, 4.69) is 6.92 Å². The van der Waals surface area contributed by atoms with Gasteiger partial charge in [0.2, 0.25) is 0 Å². The molecule has 4 unspecified atom stereocenters. The van der Waals surface area contributed by atoms with Crippen LogP contribution in [0, 0.1) is 29.4 Å². The van der Waals surface area contributed by atoms with Gasteiger partial charge < -0.3 is 0 Å². The lowest BCUT2D eigenvalue weighted by atomic mass is 9.63. The zero-order valence-electron chi connectivity index (χ0n) is 16.5. The molecule has 0 aromatic heterocycles. The number of unbranched alkanes of at least 4 members (excludes halogenated alkanes) is 2. The van der Waals surface area contributed by atoms with Crippen molar-refractivity contribution in [2.75, 3.05) is 0 Å². The molecule has 2 fully saturated rings. The van der Waals surface area contributed by atoms with E-state index in [9.17, 15) is 8.78 Å². The zero-order valence-corrected chi connectivity index (χ0v) is 16.5. The van der Waals surface area contributed by atoms with Crippen LogP contribution in [0.2, 0.25) is 0 Å². The van der Waals surface area contributed by atoms with Crippen molar-refractivity contribution in [3.63, 3.8) is 0 Å². The van der Waals surface area contributed by atoms with Crippen molar-refractivity contribution in [3.05, 3.63) is 47.5 Å². The molecule has 0 aliphatic heterocycles. The second kappa shape index (κ2) is 8.29. The Labute approximate surface area is 162 Å². The Morgan fingerprint density at radius 3 is 2.56 bits per heavy atom. The first-order chi connectivity index (χ1) is 13.1. The van der Waals surface area contributed by atoms with Crippen molar-refractivity contribution in [3.8, 4) is 0 Å². The molecule has 0 amide bonds. The molecule has 146 valence electrons. The molecule has 0 bridgehead atoms. The molecule has 0 radical (unpaired) electrons. The number of halogens is 2. The first kappa shape index (κ1) is 18.9. The lowest BCUT2D eigenvalue weighted by molar-refractivity contribution is 0.113. The Morgan fingerprint density at radius 1 is 0.889 bits per heavy atom. The molecule has 0 nitrogen and oxygen atoms in total. The molecule has 2 heteroatoms. The van der Waals surface area contributed by atoms with E-state index in [0.29, 0.717) is 16.7 Å². The molecule has 2 aromatic carbocycles. The highest BCUT2D eigenvalue weighted by Crippen LogP contribution is 2.48. The smallest absolute Gasteiger partial charge is 0.131 e. The molecule has 27 heavy (non-hydrogen) atoms. The van der Waals surface area contributed by atoms with Crippen LogP contribution in [0.1, 0.15) is 82.6 Å². The SMILES string of the molecule is CCCCCC1CCC2CC(c3cc(F)c4ccc(F)cc4c3)CCC2C1. The third kappa shape index (κ3) is 4.20. The second-order valence-electron chi connectivity index (χ2n) is 9.07. The Kier molecular flexibility index (Phi) is 5.80. The van der Waals surface area contributed by atoms with E-state index >= 15 is 0 Å². The lowest BCUT2D eigenvalue weighted by Gasteiger charge is -2.42. The maximum Gasteiger partial charge on any atom is 0.131 e. The van der Waals surface area contributed by atoms with Crippen LogP contribution in [-0.4, -0.2) is 0 Å². The van der Waals surface area contributed by atoms with Gasteiger partial charge in [-0.15, -0.1) is 0 Å². The van der Waals surface area contributed by atoms with Gasteiger partial charge in [0.1, 0.15) is 11.6 Å². The molecule has 4 rings (SSSR count). The quantitative estimate of drug-likeness (QED) is 0.468. The first-order valence-corrected chi connectivity index (χ1v) is 11.0. The van der Waals surface area contributed by atoms with Crippen LogP contribution in [0.25, 0.3) is 10.8 Å². The van der Waals surface area contributed by atoms with Crippen LogP contribution < -0.4 is 0 Å². The Bertz CT molecular complexity index is 781. The minimum atomic E-state index is -0.288. The van der Waals surface area contributed by atoms with Crippen molar-refractivity contribution in [1.82, 2.24) is 0 Å². The maximum atomic E-state index is 14.5. The summed E-state index contributed by atoms with van der Waals surface area (Å²) in [5.74, 6) is 2.57. The molecule has 2 aliphatic carbocycles. The van der Waals surface area contributed by atoms with Gasteiger partial charge in [-0.3, -0.25) is 0 Å². The summed E-state index contributed by atoms with van der Waals surface area (Å²) in [6.07, 6.45) is 13.3.